The third-order valence-electron chi connectivity index (χ3n) is 1.46. The highest BCUT2D eigenvalue weighted by atomic mass is 32.1. The van der Waals surface area contributed by atoms with Crippen molar-refractivity contribution in [3.8, 4) is 0 Å². The van der Waals surface area contributed by atoms with Crippen LogP contribution >= 0.6 is 12.6 Å². The van der Waals surface area contributed by atoms with E-state index in [1.807, 2.05) is 0 Å². The van der Waals surface area contributed by atoms with E-state index >= 15 is 0 Å². The first-order valence-corrected chi connectivity index (χ1v) is 4.12. The predicted molar refractivity (Wildman–Crippen MR) is 42.9 cm³/mol. The summed E-state index contributed by atoms with van der Waals surface area (Å²) in [5, 5.41) is -0.771. The van der Waals surface area contributed by atoms with Crippen LogP contribution in [0.2, 0.25) is 0 Å². The predicted octanol–water partition coefficient (Wildman–Crippen LogP) is 3.13. The lowest BCUT2D eigenvalue weighted by Crippen LogP contribution is -2.28. The lowest BCUT2D eigenvalue weighted by molar-refractivity contribution is -0.0104. The molecule has 0 spiro atoms. The van der Waals surface area contributed by atoms with Gasteiger partial charge in [-0.05, 0) is 6.42 Å². The quantitative estimate of drug-likeness (QED) is 0.612. The van der Waals surface area contributed by atoms with E-state index in [2.05, 4.69) is 12.6 Å². The minimum absolute atomic E-state index is 0.0466. The molecule has 0 amide bonds. The number of rotatable bonds is 4. The molecule has 0 aliphatic carbocycles. The summed E-state index contributed by atoms with van der Waals surface area (Å²) in [7, 11) is 0. The van der Waals surface area contributed by atoms with Crippen LogP contribution < -0.4 is 0 Å². The first kappa shape index (κ1) is 10.2. The molecule has 0 fully saturated rings. The lowest BCUT2D eigenvalue weighted by atomic mass is 10.1. The van der Waals surface area contributed by atoms with Crippen molar-refractivity contribution in [2.24, 2.45) is 0 Å². The SMILES string of the molecule is CCCC(F)(F)C(S)CC. The smallest absolute Gasteiger partial charge is 0.206 e. The Morgan fingerprint density at radius 2 is 1.90 bits per heavy atom. The molecule has 0 aromatic carbocycles. The van der Waals surface area contributed by atoms with Gasteiger partial charge in [0.15, 0.2) is 0 Å². The normalized spacial score (nSPS) is 15.3. The molecular formula is C7H14F2S. The van der Waals surface area contributed by atoms with Crippen molar-refractivity contribution in [1.29, 1.82) is 0 Å². The molecule has 0 nitrogen and oxygen atoms in total. The Labute approximate surface area is 66.4 Å². The molecule has 0 saturated heterocycles. The summed E-state index contributed by atoms with van der Waals surface area (Å²) in [5.41, 5.74) is 0. The van der Waals surface area contributed by atoms with Crippen molar-refractivity contribution in [2.75, 3.05) is 0 Å². The van der Waals surface area contributed by atoms with Crippen LogP contribution in [0.1, 0.15) is 33.1 Å². The molecule has 0 rings (SSSR count). The summed E-state index contributed by atoms with van der Waals surface area (Å²) in [5.74, 6) is -2.58. The number of thiol groups is 1. The van der Waals surface area contributed by atoms with Gasteiger partial charge in [0.05, 0.1) is 5.25 Å². The van der Waals surface area contributed by atoms with Gasteiger partial charge in [-0.15, -0.1) is 0 Å². The maximum Gasteiger partial charge on any atom is 0.259 e. The third-order valence-corrected chi connectivity index (χ3v) is 2.20. The summed E-state index contributed by atoms with van der Waals surface area (Å²) in [4.78, 5) is 0. The van der Waals surface area contributed by atoms with Gasteiger partial charge >= 0.3 is 0 Å². The van der Waals surface area contributed by atoms with E-state index in [0.717, 1.165) is 0 Å². The first-order valence-electron chi connectivity index (χ1n) is 3.60. The summed E-state index contributed by atoms with van der Waals surface area (Å²) >= 11 is 3.79. The molecule has 0 heterocycles. The zero-order chi connectivity index (χ0) is 8.20. The number of alkyl halides is 2. The molecule has 1 atom stereocenters. The van der Waals surface area contributed by atoms with Crippen LogP contribution in [0, 0.1) is 0 Å². The standard InChI is InChI=1S/C7H14F2S/c1-3-5-7(8,9)6(10)4-2/h6,10H,3-5H2,1-2H3. The summed E-state index contributed by atoms with van der Waals surface area (Å²) in [6.45, 7) is 3.48. The number of hydrogen-bond acceptors (Lipinski definition) is 1. The minimum Gasteiger partial charge on any atom is -0.206 e. The van der Waals surface area contributed by atoms with Crippen LogP contribution in [0.3, 0.4) is 0 Å². The summed E-state index contributed by atoms with van der Waals surface area (Å²) < 4.78 is 25.5. The Hall–Kier alpha value is 0.210. The maximum absolute atomic E-state index is 12.7. The third kappa shape index (κ3) is 2.86. The average molecular weight is 168 g/mol. The highest BCUT2D eigenvalue weighted by Crippen LogP contribution is 2.29. The number of hydrogen-bond donors (Lipinski definition) is 1. The molecule has 0 N–H and O–H groups in total. The first-order chi connectivity index (χ1) is 4.54. The summed E-state index contributed by atoms with van der Waals surface area (Å²) in [6, 6.07) is 0. The molecule has 0 saturated carbocycles. The topological polar surface area (TPSA) is 0 Å². The van der Waals surface area contributed by atoms with Crippen molar-refractivity contribution in [3.63, 3.8) is 0 Å². The van der Waals surface area contributed by atoms with Crippen molar-refractivity contribution in [2.45, 2.75) is 44.3 Å². The van der Waals surface area contributed by atoms with E-state index in [4.69, 9.17) is 0 Å². The molecule has 3 heteroatoms. The van der Waals surface area contributed by atoms with Crippen LogP contribution in [0.25, 0.3) is 0 Å². The zero-order valence-corrected chi connectivity index (χ0v) is 7.30. The largest absolute Gasteiger partial charge is 0.259 e. The molecule has 0 aromatic rings. The van der Waals surface area contributed by atoms with Crippen molar-refractivity contribution in [1.82, 2.24) is 0 Å². The molecule has 0 radical (unpaired) electrons. The van der Waals surface area contributed by atoms with Crippen molar-refractivity contribution in [3.05, 3.63) is 0 Å². The Morgan fingerprint density at radius 1 is 1.40 bits per heavy atom. The van der Waals surface area contributed by atoms with Crippen LogP contribution in [-0.2, 0) is 0 Å². The molecule has 1 unspecified atom stereocenters. The molecule has 10 heavy (non-hydrogen) atoms. The van der Waals surface area contributed by atoms with Gasteiger partial charge in [-0.2, -0.15) is 12.6 Å². The monoisotopic (exact) mass is 168 g/mol. The van der Waals surface area contributed by atoms with Crippen LogP contribution in [-0.4, -0.2) is 11.2 Å². The van der Waals surface area contributed by atoms with Gasteiger partial charge in [0, 0.05) is 6.42 Å². The average Bonchev–Trinajstić information content (AvgIpc) is 1.86. The van der Waals surface area contributed by atoms with E-state index in [1.54, 1.807) is 13.8 Å². The highest BCUT2D eigenvalue weighted by molar-refractivity contribution is 7.81. The fraction of sp³-hybridized carbons (Fsp3) is 1.00. The Kier molecular flexibility index (Phi) is 4.25. The molecule has 62 valence electrons. The van der Waals surface area contributed by atoms with E-state index < -0.39 is 11.2 Å². The van der Waals surface area contributed by atoms with Crippen LogP contribution in [0.4, 0.5) is 8.78 Å². The maximum atomic E-state index is 12.7. The number of halogens is 2. The second-order valence-corrected chi connectivity index (χ2v) is 3.06. The second kappa shape index (κ2) is 4.16. The van der Waals surface area contributed by atoms with E-state index in [9.17, 15) is 8.78 Å². The van der Waals surface area contributed by atoms with Gasteiger partial charge in [0.2, 0.25) is 0 Å². The molecular weight excluding hydrogens is 154 g/mol. The van der Waals surface area contributed by atoms with E-state index in [-0.39, 0.29) is 6.42 Å². The van der Waals surface area contributed by atoms with Gasteiger partial charge < -0.3 is 0 Å². The lowest BCUT2D eigenvalue weighted by Gasteiger charge is -2.20. The van der Waals surface area contributed by atoms with E-state index in [0.29, 0.717) is 12.8 Å². The minimum atomic E-state index is -2.58. The van der Waals surface area contributed by atoms with Crippen LogP contribution in [0.15, 0.2) is 0 Å². The Morgan fingerprint density at radius 3 is 2.20 bits per heavy atom. The Balaban J connectivity index is 3.82. The fourth-order valence-corrected chi connectivity index (χ4v) is 0.928. The molecule has 0 bridgehead atoms. The summed E-state index contributed by atoms with van der Waals surface area (Å²) in [6.07, 6.45) is 0.898. The molecule has 0 aromatic heterocycles. The highest BCUT2D eigenvalue weighted by Gasteiger charge is 2.34. The molecule has 0 aliphatic rings. The van der Waals surface area contributed by atoms with Gasteiger partial charge in [-0.3, -0.25) is 0 Å². The van der Waals surface area contributed by atoms with Gasteiger partial charge in [-0.1, -0.05) is 20.3 Å². The van der Waals surface area contributed by atoms with Crippen molar-refractivity contribution < 1.29 is 8.78 Å². The van der Waals surface area contributed by atoms with Gasteiger partial charge in [0.1, 0.15) is 0 Å². The molecule has 0 aliphatic heterocycles. The zero-order valence-electron chi connectivity index (χ0n) is 6.40. The van der Waals surface area contributed by atoms with Gasteiger partial charge in [0.25, 0.3) is 5.92 Å². The Bertz CT molecular complexity index is 93.6. The van der Waals surface area contributed by atoms with E-state index in [1.165, 1.54) is 0 Å². The second-order valence-electron chi connectivity index (χ2n) is 2.44. The van der Waals surface area contributed by atoms with Crippen molar-refractivity contribution >= 4 is 12.6 Å². The van der Waals surface area contributed by atoms with Crippen LogP contribution in [0.5, 0.6) is 0 Å². The fourth-order valence-electron chi connectivity index (χ4n) is 0.799. The van der Waals surface area contributed by atoms with Gasteiger partial charge in [-0.25, -0.2) is 8.78 Å².